The number of rotatable bonds is 14. The molecule has 0 saturated carbocycles. The lowest BCUT2D eigenvalue weighted by molar-refractivity contribution is -0.136. The average molecular weight is 965 g/mol. The van der Waals surface area contributed by atoms with Crippen LogP contribution in [0.25, 0.3) is 55.2 Å². The normalized spacial score (nSPS) is 17.7. The largest absolute Gasteiger partial charge is 0.471 e. The first-order valence-electron chi connectivity index (χ1n) is 23.5. The number of para-hydroxylation sites is 2. The fourth-order valence-electron chi connectivity index (χ4n) is 9.23. The second-order valence-electron chi connectivity index (χ2n) is 18.2. The molecule has 4 aromatic heterocycles. The van der Waals surface area contributed by atoms with Gasteiger partial charge in [-0.25, -0.2) is 29.5 Å². The van der Waals surface area contributed by atoms with E-state index in [9.17, 15) is 19.2 Å². The first-order valence-corrected chi connectivity index (χ1v) is 24.4. The number of amides is 4. The van der Waals surface area contributed by atoms with E-state index in [-0.39, 0.29) is 36.2 Å². The van der Waals surface area contributed by atoms with E-state index in [1.165, 1.54) is 14.2 Å². The van der Waals surface area contributed by atoms with Crippen LogP contribution < -0.4 is 15.4 Å². The number of thiophene rings is 1. The Morgan fingerprint density at radius 2 is 1.19 bits per heavy atom. The molecule has 0 radical (unpaired) electrons. The van der Waals surface area contributed by atoms with Crippen LogP contribution in [0, 0.1) is 11.8 Å². The van der Waals surface area contributed by atoms with Gasteiger partial charge in [-0.15, -0.1) is 11.3 Å². The van der Waals surface area contributed by atoms with Crippen LogP contribution in [0.15, 0.2) is 103 Å². The van der Waals surface area contributed by atoms with Gasteiger partial charge in [-0.05, 0) is 59.4 Å². The molecule has 1 unspecified atom stereocenters. The summed E-state index contributed by atoms with van der Waals surface area (Å²) in [7, 11) is 2.56. The smallest absolute Gasteiger partial charge is 0.407 e. The fraction of sp³-hybridized carbons (Fsp3) is 0.346. The minimum absolute atomic E-state index is 0.122. The minimum Gasteiger partial charge on any atom is -0.471 e. The number of ether oxygens (including phenoxy) is 3. The van der Waals surface area contributed by atoms with E-state index >= 15 is 0 Å². The summed E-state index contributed by atoms with van der Waals surface area (Å²) >= 11 is 1.54. The molecule has 18 heteroatoms. The maximum Gasteiger partial charge on any atom is 0.407 e. The van der Waals surface area contributed by atoms with Gasteiger partial charge in [-0.3, -0.25) is 9.59 Å². The summed E-state index contributed by atoms with van der Waals surface area (Å²) < 4.78 is 16.4. The number of hydrogen-bond donors (Lipinski definition) is 4. The van der Waals surface area contributed by atoms with Crippen molar-refractivity contribution in [1.29, 1.82) is 0 Å². The summed E-state index contributed by atoms with van der Waals surface area (Å²) in [6.45, 7) is 8.34. The van der Waals surface area contributed by atoms with Gasteiger partial charge in [0.25, 0.3) is 0 Å². The van der Waals surface area contributed by atoms with Gasteiger partial charge in [0.1, 0.15) is 35.5 Å². The van der Waals surface area contributed by atoms with Gasteiger partial charge in [0.15, 0.2) is 0 Å². The Balaban J connectivity index is 0.914. The first-order chi connectivity index (χ1) is 33.9. The number of fused-ring (bicyclic) bond motifs is 1. The second-order valence-corrected chi connectivity index (χ2v) is 19.2. The summed E-state index contributed by atoms with van der Waals surface area (Å²) in [6, 6.07) is 25.6. The molecule has 0 aliphatic carbocycles. The van der Waals surface area contributed by atoms with Gasteiger partial charge < -0.3 is 44.6 Å². The predicted molar refractivity (Wildman–Crippen MR) is 265 cm³/mol. The highest BCUT2D eigenvalue weighted by Gasteiger charge is 2.43. The van der Waals surface area contributed by atoms with Crippen molar-refractivity contribution in [2.75, 3.05) is 27.3 Å². The van der Waals surface area contributed by atoms with Gasteiger partial charge in [0.05, 0.1) is 60.1 Å². The summed E-state index contributed by atoms with van der Waals surface area (Å²) in [5.74, 6) is 0.880. The number of aromatic nitrogens is 6. The third kappa shape index (κ3) is 9.94. The molecule has 5 atom stereocenters. The molecular formula is C52H56N10O7S. The lowest BCUT2D eigenvalue weighted by Gasteiger charge is -2.29. The number of benzene rings is 3. The molecule has 4 amide bonds. The second kappa shape index (κ2) is 20.6. The molecule has 4 N–H and O–H groups in total. The first kappa shape index (κ1) is 47.5. The molecule has 2 aliphatic rings. The molecular weight excluding hydrogens is 909 g/mol. The zero-order valence-electron chi connectivity index (χ0n) is 39.8. The lowest BCUT2D eigenvalue weighted by atomic mass is 10.0. The Labute approximate surface area is 409 Å². The maximum absolute atomic E-state index is 14.5. The van der Waals surface area contributed by atoms with E-state index in [0.717, 1.165) is 51.2 Å². The van der Waals surface area contributed by atoms with Crippen LogP contribution in [0.5, 0.6) is 5.88 Å². The number of imidazole rings is 2. The van der Waals surface area contributed by atoms with Crippen LogP contribution in [0.4, 0.5) is 9.59 Å². The number of carbonyl (C=O) groups is 4. The van der Waals surface area contributed by atoms with Crippen LogP contribution in [-0.4, -0.2) is 109 Å². The highest BCUT2D eigenvalue weighted by atomic mass is 32.1. The maximum atomic E-state index is 14.5. The Morgan fingerprint density at radius 3 is 1.71 bits per heavy atom. The third-order valence-corrected chi connectivity index (χ3v) is 13.8. The van der Waals surface area contributed by atoms with Gasteiger partial charge in [-0.2, -0.15) is 0 Å². The number of carbonyl (C=O) groups excluding carboxylic acids is 4. The Morgan fingerprint density at radius 1 is 0.657 bits per heavy atom. The SMILES string of the molecule is COC(=O)N[C@H](C(=O)N1CCCC1c1nc(-c2ccc(-c3ccc(-c4c[nH]c([C@@H]5C[C@@H](Oc6nc7ccccc7nc6-c6cccs6)CN5C(=O)[C@@H](NC(=O)OC)C(C)C)n4)cc3)cc2)c[nH]1)C(C)C. The molecule has 3 aromatic carbocycles. The standard InChI is InChI=1S/C52H56N10O7S/c1-29(2)43(59-51(65)67-5)49(63)61-23-9-13-40(61)46-53-26-38(56-46)33-19-15-31(16-20-33)32-17-21-34(22-18-32)39-27-54-47(57-39)41-25-35(28-62(41)50(64)44(30(3)4)60-52(66)68-6)69-48-45(42-14-10-24-70-42)55-36-11-7-8-12-37(36)58-48/h7-8,10-12,14-22,24,26-27,29-30,35,40-41,43-44H,9,13,23,25,28H2,1-6H3,(H,53,56)(H,54,57)(H,59,65)(H,60,66)/t35-,40?,41+,43+,44+/m1/s1. The van der Waals surface area contributed by atoms with Crippen molar-refractivity contribution in [2.45, 2.75) is 77.2 Å². The summed E-state index contributed by atoms with van der Waals surface area (Å²) in [5, 5.41) is 7.42. The van der Waals surface area contributed by atoms with Crippen LogP contribution in [0.1, 0.15) is 70.7 Å². The number of methoxy groups -OCH3 is 2. The van der Waals surface area contributed by atoms with Crippen LogP contribution in [-0.2, 0) is 19.1 Å². The number of hydrogen-bond acceptors (Lipinski definition) is 12. The predicted octanol–water partition coefficient (Wildman–Crippen LogP) is 8.95. The fourth-order valence-corrected chi connectivity index (χ4v) is 9.94. The number of nitrogens with zero attached hydrogens (tertiary/aromatic N) is 6. The molecule has 9 rings (SSSR count). The van der Waals surface area contributed by atoms with Crippen molar-refractivity contribution in [3.05, 3.63) is 114 Å². The Hall–Kier alpha value is -7.60. The van der Waals surface area contributed by atoms with E-state index in [1.807, 2.05) is 118 Å². The Bertz CT molecular complexity index is 2970. The summed E-state index contributed by atoms with van der Waals surface area (Å²) in [4.78, 5) is 83.5. The number of aromatic amines is 2. The molecule has 0 bridgehead atoms. The van der Waals surface area contributed by atoms with Crippen molar-refractivity contribution in [2.24, 2.45) is 11.8 Å². The zero-order valence-corrected chi connectivity index (χ0v) is 40.7. The monoisotopic (exact) mass is 964 g/mol. The minimum atomic E-state index is -0.856. The number of H-pyrrole nitrogens is 2. The van der Waals surface area contributed by atoms with Crippen molar-refractivity contribution in [3.8, 4) is 50.1 Å². The molecule has 0 spiro atoms. The molecule has 17 nitrogen and oxygen atoms in total. The van der Waals surface area contributed by atoms with E-state index in [4.69, 9.17) is 34.1 Å². The van der Waals surface area contributed by atoms with E-state index < -0.39 is 36.4 Å². The van der Waals surface area contributed by atoms with E-state index in [0.29, 0.717) is 47.4 Å². The van der Waals surface area contributed by atoms with Gasteiger partial charge in [0, 0.05) is 36.5 Å². The van der Waals surface area contributed by atoms with Crippen molar-refractivity contribution < 1.29 is 33.4 Å². The highest BCUT2D eigenvalue weighted by Crippen LogP contribution is 2.39. The quantitative estimate of drug-likeness (QED) is 0.0809. The highest BCUT2D eigenvalue weighted by molar-refractivity contribution is 7.13. The zero-order chi connectivity index (χ0) is 49.1. The molecule has 362 valence electrons. The number of likely N-dealkylation sites (tertiary alicyclic amines) is 2. The molecule has 7 aromatic rings. The molecule has 2 fully saturated rings. The molecule has 70 heavy (non-hydrogen) atoms. The number of nitrogens with one attached hydrogen (secondary N) is 4. The lowest BCUT2D eigenvalue weighted by Crippen LogP contribution is -2.51. The summed E-state index contributed by atoms with van der Waals surface area (Å²) in [6.07, 6.45) is 3.90. The van der Waals surface area contributed by atoms with Crippen molar-refractivity contribution in [1.82, 2.24) is 50.3 Å². The third-order valence-electron chi connectivity index (χ3n) is 13.0. The van der Waals surface area contributed by atoms with Gasteiger partial charge >= 0.3 is 12.2 Å². The topological polar surface area (TPSA) is 210 Å². The van der Waals surface area contributed by atoms with Crippen molar-refractivity contribution in [3.63, 3.8) is 0 Å². The molecule has 2 saturated heterocycles. The van der Waals surface area contributed by atoms with E-state index in [2.05, 4.69) is 32.7 Å². The van der Waals surface area contributed by atoms with Crippen LogP contribution in [0.3, 0.4) is 0 Å². The van der Waals surface area contributed by atoms with E-state index in [1.54, 1.807) is 21.1 Å². The van der Waals surface area contributed by atoms with Crippen molar-refractivity contribution >= 4 is 46.4 Å². The van der Waals surface area contributed by atoms with Crippen LogP contribution >= 0.6 is 11.3 Å². The van der Waals surface area contributed by atoms with Gasteiger partial charge in [0.2, 0.25) is 17.7 Å². The summed E-state index contributed by atoms with van der Waals surface area (Å²) in [5.41, 5.74) is 7.39. The molecule has 6 heterocycles. The van der Waals surface area contributed by atoms with Gasteiger partial charge in [-0.1, -0.05) is 94.4 Å². The molecule has 2 aliphatic heterocycles. The number of alkyl carbamates (subject to hydrolysis) is 2. The Kier molecular flexibility index (Phi) is 13.9. The van der Waals surface area contributed by atoms with Crippen LogP contribution in [0.2, 0.25) is 0 Å². The average Bonchev–Trinajstić information content (AvgIpc) is 4.24.